The highest BCUT2D eigenvalue weighted by molar-refractivity contribution is 5.88. The molecule has 0 amide bonds. The standard InChI is InChI=1S/C27H28F2N6O2/c1-15-10-17-12-20(21(28)13-19(17)27(36)31-15)24-26(30)33-25(29)23(32-24)16-4-5-22(18(11-16)14-34(2)3)35-6-8-37-9-7-35/h4-5,10-13H,6-9,14H2,1-3H3,(H2,30,33)(H,31,36). The number of anilines is 2. The maximum atomic E-state index is 15.2. The average Bonchev–Trinajstić information content (AvgIpc) is 2.85. The van der Waals surface area contributed by atoms with Crippen molar-refractivity contribution in [3.8, 4) is 22.5 Å². The maximum absolute atomic E-state index is 15.2. The van der Waals surface area contributed by atoms with Gasteiger partial charge in [0.2, 0.25) is 5.95 Å². The van der Waals surface area contributed by atoms with E-state index in [9.17, 15) is 4.79 Å². The van der Waals surface area contributed by atoms with Crippen molar-refractivity contribution in [2.24, 2.45) is 0 Å². The van der Waals surface area contributed by atoms with Crippen LogP contribution in [0.5, 0.6) is 0 Å². The second kappa shape index (κ2) is 9.87. The van der Waals surface area contributed by atoms with Gasteiger partial charge in [-0.05, 0) is 62.3 Å². The molecule has 5 rings (SSSR count). The van der Waals surface area contributed by atoms with Crippen molar-refractivity contribution >= 4 is 22.3 Å². The van der Waals surface area contributed by atoms with Gasteiger partial charge in [-0.1, -0.05) is 6.07 Å². The second-order valence-corrected chi connectivity index (χ2v) is 9.48. The Kier molecular flexibility index (Phi) is 6.61. The quantitative estimate of drug-likeness (QED) is 0.426. The number of hydrogen-bond donors (Lipinski definition) is 2. The summed E-state index contributed by atoms with van der Waals surface area (Å²) < 4.78 is 35.8. The molecule has 0 atom stereocenters. The summed E-state index contributed by atoms with van der Waals surface area (Å²) in [7, 11) is 3.93. The Labute approximate surface area is 212 Å². The predicted molar refractivity (Wildman–Crippen MR) is 141 cm³/mol. The zero-order valence-corrected chi connectivity index (χ0v) is 20.9. The number of benzene rings is 2. The van der Waals surface area contributed by atoms with Gasteiger partial charge in [-0.25, -0.2) is 9.37 Å². The first-order valence-electron chi connectivity index (χ1n) is 12.0. The number of pyridine rings is 1. The summed E-state index contributed by atoms with van der Waals surface area (Å²) in [6.45, 7) is 5.19. The summed E-state index contributed by atoms with van der Waals surface area (Å²) in [5, 5.41) is 0.723. The summed E-state index contributed by atoms with van der Waals surface area (Å²) >= 11 is 0. The lowest BCUT2D eigenvalue weighted by molar-refractivity contribution is 0.122. The molecule has 1 saturated heterocycles. The van der Waals surface area contributed by atoms with Gasteiger partial charge in [0.1, 0.15) is 17.2 Å². The van der Waals surface area contributed by atoms with E-state index in [0.29, 0.717) is 36.4 Å². The number of nitrogen functional groups attached to an aromatic ring is 1. The normalized spacial score (nSPS) is 14.1. The third-order valence-electron chi connectivity index (χ3n) is 6.39. The topological polar surface area (TPSA) is 100 Å². The molecule has 0 unspecified atom stereocenters. The fourth-order valence-corrected chi connectivity index (χ4v) is 4.72. The van der Waals surface area contributed by atoms with Crippen molar-refractivity contribution in [1.29, 1.82) is 0 Å². The molecule has 3 N–H and O–H groups in total. The van der Waals surface area contributed by atoms with Crippen LogP contribution >= 0.6 is 0 Å². The Morgan fingerprint density at radius 1 is 1.08 bits per heavy atom. The van der Waals surface area contributed by atoms with Gasteiger partial charge >= 0.3 is 0 Å². The third-order valence-corrected chi connectivity index (χ3v) is 6.39. The molecular formula is C27H28F2N6O2. The summed E-state index contributed by atoms with van der Waals surface area (Å²) in [6, 6.07) is 9.98. The Bertz CT molecular complexity index is 1550. The average molecular weight is 507 g/mol. The van der Waals surface area contributed by atoms with Crippen LogP contribution in [0.3, 0.4) is 0 Å². The maximum Gasteiger partial charge on any atom is 0.256 e. The lowest BCUT2D eigenvalue weighted by Crippen LogP contribution is -2.37. The van der Waals surface area contributed by atoms with Crippen LogP contribution in [0.2, 0.25) is 0 Å². The van der Waals surface area contributed by atoms with Crippen LogP contribution in [0.15, 0.2) is 41.2 Å². The smallest absolute Gasteiger partial charge is 0.256 e. The summed E-state index contributed by atoms with van der Waals surface area (Å²) in [6.07, 6.45) is 0. The number of morpholine rings is 1. The molecule has 1 aliphatic rings. The number of nitrogens with two attached hydrogens (primary N) is 1. The third kappa shape index (κ3) is 4.90. The number of aryl methyl sites for hydroxylation is 1. The molecule has 0 bridgehead atoms. The van der Waals surface area contributed by atoms with Gasteiger partial charge in [-0.15, -0.1) is 0 Å². The van der Waals surface area contributed by atoms with Crippen LogP contribution in [0.1, 0.15) is 11.3 Å². The number of aromatic nitrogens is 3. The molecular weight excluding hydrogens is 478 g/mol. The van der Waals surface area contributed by atoms with Crippen molar-refractivity contribution in [1.82, 2.24) is 19.9 Å². The molecule has 0 spiro atoms. The number of ether oxygens (including phenoxy) is 1. The van der Waals surface area contributed by atoms with E-state index in [1.165, 1.54) is 6.07 Å². The SMILES string of the molecule is Cc1cc2cc(-c3nc(-c4ccc(N5CCOCC5)c(CN(C)C)c4)c(F)nc3N)c(F)cc2c(=O)[nH]1. The van der Waals surface area contributed by atoms with Gasteiger partial charge in [0, 0.05) is 47.5 Å². The zero-order valence-electron chi connectivity index (χ0n) is 20.9. The van der Waals surface area contributed by atoms with Crippen molar-refractivity contribution < 1.29 is 13.5 Å². The lowest BCUT2D eigenvalue weighted by Gasteiger charge is -2.31. The molecule has 4 aromatic rings. The van der Waals surface area contributed by atoms with E-state index >= 15 is 8.78 Å². The summed E-state index contributed by atoms with van der Waals surface area (Å²) in [4.78, 5) is 27.5. The number of H-pyrrole nitrogens is 1. The van der Waals surface area contributed by atoms with Crippen LogP contribution in [0, 0.1) is 18.7 Å². The molecule has 10 heteroatoms. The minimum Gasteiger partial charge on any atom is -0.382 e. The fourth-order valence-electron chi connectivity index (χ4n) is 4.72. The van der Waals surface area contributed by atoms with Crippen LogP contribution in [-0.4, -0.2) is 60.3 Å². The number of halogens is 2. The highest BCUT2D eigenvalue weighted by Crippen LogP contribution is 2.34. The molecule has 2 aromatic carbocycles. The van der Waals surface area contributed by atoms with E-state index in [1.54, 1.807) is 19.1 Å². The van der Waals surface area contributed by atoms with Gasteiger partial charge in [0.25, 0.3) is 5.56 Å². The van der Waals surface area contributed by atoms with E-state index in [2.05, 4.69) is 19.9 Å². The van der Waals surface area contributed by atoms with Gasteiger partial charge < -0.3 is 25.3 Å². The van der Waals surface area contributed by atoms with E-state index in [0.717, 1.165) is 30.4 Å². The van der Waals surface area contributed by atoms with E-state index in [1.807, 2.05) is 31.1 Å². The molecule has 0 radical (unpaired) electrons. The summed E-state index contributed by atoms with van der Waals surface area (Å²) in [5.74, 6) is -1.78. The zero-order chi connectivity index (χ0) is 26.3. The van der Waals surface area contributed by atoms with Gasteiger partial charge in [-0.3, -0.25) is 4.79 Å². The highest BCUT2D eigenvalue weighted by atomic mass is 19.1. The van der Waals surface area contributed by atoms with Crippen molar-refractivity contribution in [3.63, 3.8) is 0 Å². The van der Waals surface area contributed by atoms with Crippen LogP contribution in [0.25, 0.3) is 33.3 Å². The number of hydrogen-bond acceptors (Lipinski definition) is 7. The molecule has 0 saturated carbocycles. The van der Waals surface area contributed by atoms with Crippen LogP contribution < -0.4 is 16.2 Å². The number of fused-ring (bicyclic) bond motifs is 1. The van der Waals surface area contributed by atoms with Gasteiger partial charge in [0.15, 0.2) is 5.82 Å². The largest absolute Gasteiger partial charge is 0.382 e. The minimum absolute atomic E-state index is 0.0140. The fraction of sp³-hybridized carbons (Fsp3) is 0.296. The number of aromatic amines is 1. The van der Waals surface area contributed by atoms with E-state index in [4.69, 9.17) is 10.5 Å². The molecule has 2 aromatic heterocycles. The molecule has 1 aliphatic heterocycles. The van der Waals surface area contributed by atoms with Crippen LogP contribution in [-0.2, 0) is 11.3 Å². The minimum atomic E-state index is -0.843. The monoisotopic (exact) mass is 506 g/mol. The first-order valence-corrected chi connectivity index (χ1v) is 12.0. The Morgan fingerprint density at radius 3 is 2.57 bits per heavy atom. The first kappa shape index (κ1) is 24.8. The highest BCUT2D eigenvalue weighted by Gasteiger charge is 2.21. The van der Waals surface area contributed by atoms with Crippen LogP contribution in [0.4, 0.5) is 20.3 Å². The van der Waals surface area contributed by atoms with Gasteiger partial charge in [-0.2, -0.15) is 9.37 Å². The Morgan fingerprint density at radius 2 is 1.84 bits per heavy atom. The summed E-state index contributed by atoms with van der Waals surface area (Å²) in [5.41, 5.74) is 8.83. The molecule has 8 nitrogen and oxygen atoms in total. The Hall–Kier alpha value is -3.89. The van der Waals surface area contributed by atoms with Crippen molar-refractivity contribution in [2.75, 3.05) is 51.0 Å². The molecule has 0 aliphatic carbocycles. The molecule has 37 heavy (non-hydrogen) atoms. The first-order chi connectivity index (χ1) is 17.7. The predicted octanol–water partition coefficient (Wildman–Crippen LogP) is 3.72. The second-order valence-electron chi connectivity index (χ2n) is 9.48. The lowest BCUT2D eigenvalue weighted by atomic mass is 10.0. The number of nitrogens with one attached hydrogen (secondary N) is 1. The number of rotatable bonds is 5. The molecule has 192 valence electrons. The van der Waals surface area contributed by atoms with E-state index in [-0.39, 0.29) is 28.2 Å². The number of nitrogens with zero attached hydrogens (tertiary/aromatic N) is 4. The van der Waals surface area contributed by atoms with Crippen molar-refractivity contribution in [3.05, 3.63) is 69.8 Å². The molecule has 3 heterocycles. The van der Waals surface area contributed by atoms with Gasteiger partial charge in [0.05, 0.1) is 13.2 Å². The van der Waals surface area contributed by atoms with E-state index < -0.39 is 17.3 Å². The van der Waals surface area contributed by atoms with Crippen molar-refractivity contribution in [2.45, 2.75) is 13.5 Å². The molecule has 1 fully saturated rings. The Balaban J connectivity index is 1.63.